The summed E-state index contributed by atoms with van der Waals surface area (Å²) in [6, 6.07) is 1.95. The van der Waals surface area contributed by atoms with Crippen molar-refractivity contribution < 1.29 is 9.29 Å². The Morgan fingerprint density at radius 2 is 2.33 bits per heavy atom. The molecule has 4 N–H and O–H groups in total. The summed E-state index contributed by atoms with van der Waals surface area (Å²) in [7, 11) is 1.82. The maximum absolute atomic E-state index is 10.4. The van der Waals surface area contributed by atoms with Crippen LogP contribution in [0.1, 0.15) is 13.3 Å². The van der Waals surface area contributed by atoms with Crippen molar-refractivity contribution in [2.24, 2.45) is 11.1 Å². The summed E-state index contributed by atoms with van der Waals surface area (Å²) < 4.78 is 7.07. The van der Waals surface area contributed by atoms with Gasteiger partial charge in [-0.2, -0.15) is 0 Å². The highest BCUT2D eigenvalue weighted by molar-refractivity contribution is 7.92. The van der Waals surface area contributed by atoms with Crippen LogP contribution in [0.3, 0.4) is 0 Å². The summed E-state index contributed by atoms with van der Waals surface area (Å²) in [5.74, 6) is 0.812. The van der Waals surface area contributed by atoms with E-state index in [1.165, 1.54) is 6.33 Å². The highest BCUT2D eigenvalue weighted by atomic mass is 32.2. The molecule has 8 heteroatoms. The van der Waals surface area contributed by atoms with Crippen LogP contribution in [-0.2, 0) is 10.7 Å². The molecule has 0 bridgehead atoms. The molecular formula is C13H21N5O2S. The van der Waals surface area contributed by atoms with Crippen LogP contribution in [0.4, 0.5) is 5.82 Å². The van der Waals surface area contributed by atoms with E-state index in [1.807, 2.05) is 30.8 Å². The van der Waals surface area contributed by atoms with Crippen LogP contribution in [0, 0.1) is 5.92 Å². The molecule has 0 aliphatic carbocycles. The number of hydrogen-bond donors (Lipinski definition) is 3. The monoisotopic (exact) mass is 311 g/mol. The third kappa shape index (κ3) is 3.65. The van der Waals surface area contributed by atoms with E-state index in [0.717, 1.165) is 35.5 Å². The predicted molar refractivity (Wildman–Crippen MR) is 84.6 cm³/mol. The topological polar surface area (TPSA) is 98.2 Å². The van der Waals surface area contributed by atoms with Crippen molar-refractivity contribution in [3.05, 3.63) is 18.6 Å². The minimum atomic E-state index is -0.522. The summed E-state index contributed by atoms with van der Waals surface area (Å²) in [6.45, 7) is 2.91. The Bertz CT molecular complexity index is 577. The van der Waals surface area contributed by atoms with E-state index in [1.54, 1.807) is 0 Å². The zero-order chi connectivity index (χ0) is 15.2. The molecular weight excluding hydrogens is 290 g/mol. The Hall–Kier alpha value is -1.35. The molecule has 0 spiro atoms. The molecule has 21 heavy (non-hydrogen) atoms. The Labute approximate surface area is 128 Å². The lowest BCUT2D eigenvalue weighted by Crippen LogP contribution is -2.28. The van der Waals surface area contributed by atoms with Gasteiger partial charge in [-0.05, 0) is 12.5 Å². The smallest absolute Gasteiger partial charge is 0.145 e. The Kier molecular flexibility index (Phi) is 5.80. The number of nitrogens with one attached hydrogen (secondary N) is 1. The van der Waals surface area contributed by atoms with Crippen LogP contribution in [0.5, 0.6) is 0 Å². The summed E-state index contributed by atoms with van der Waals surface area (Å²) >= 11 is 0.831. The molecule has 0 saturated heterocycles. The fraction of sp³-hybridized carbons (Fsp3) is 0.538. The first-order chi connectivity index (χ1) is 10.2. The molecule has 2 heterocycles. The van der Waals surface area contributed by atoms with Crippen LogP contribution >= 0.6 is 12.2 Å². The molecule has 7 nitrogen and oxygen atoms in total. The first-order valence-corrected chi connectivity index (χ1v) is 7.65. The van der Waals surface area contributed by atoms with E-state index in [9.17, 15) is 5.11 Å². The van der Waals surface area contributed by atoms with Gasteiger partial charge in [-0.15, -0.1) is 0 Å². The second-order valence-electron chi connectivity index (χ2n) is 4.79. The minimum Gasteiger partial charge on any atom is -0.391 e. The number of aliphatic hydroxyl groups is 1. The molecule has 2 rings (SSSR count). The average Bonchev–Trinajstić information content (AvgIpc) is 2.91. The second kappa shape index (κ2) is 7.60. The molecule has 0 aliphatic heterocycles. The van der Waals surface area contributed by atoms with E-state index >= 15 is 0 Å². The fourth-order valence-corrected chi connectivity index (χ4v) is 2.58. The van der Waals surface area contributed by atoms with Gasteiger partial charge in [-0.3, -0.25) is 5.14 Å². The Morgan fingerprint density at radius 1 is 1.52 bits per heavy atom. The fourth-order valence-electron chi connectivity index (χ4n) is 2.33. The van der Waals surface area contributed by atoms with E-state index in [4.69, 9.17) is 9.32 Å². The summed E-state index contributed by atoms with van der Waals surface area (Å²) in [4.78, 5) is 8.47. The van der Waals surface area contributed by atoms with E-state index in [2.05, 4.69) is 15.3 Å². The van der Waals surface area contributed by atoms with Crippen LogP contribution in [-0.4, -0.2) is 39.4 Å². The summed E-state index contributed by atoms with van der Waals surface area (Å²) in [5.41, 5.74) is 0.803. The predicted octanol–water partition coefficient (Wildman–Crippen LogP) is 1.40. The second-order valence-corrected chi connectivity index (χ2v) is 5.22. The molecule has 2 aromatic rings. The van der Waals surface area contributed by atoms with Gasteiger partial charge in [0.25, 0.3) is 0 Å². The lowest BCUT2D eigenvalue weighted by molar-refractivity contribution is 0.0649. The molecule has 0 amide bonds. The van der Waals surface area contributed by atoms with Crippen LogP contribution < -0.4 is 10.5 Å². The van der Waals surface area contributed by atoms with Crippen molar-refractivity contribution in [3.8, 4) is 0 Å². The van der Waals surface area contributed by atoms with Gasteiger partial charge in [-0.1, -0.05) is 6.92 Å². The van der Waals surface area contributed by atoms with E-state index < -0.39 is 6.10 Å². The molecule has 0 aliphatic rings. The minimum absolute atomic E-state index is 0.0316. The average molecular weight is 311 g/mol. The number of nitrogens with zero attached hydrogens (tertiary/aromatic N) is 3. The first-order valence-electron chi connectivity index (χ1n) is 6.85. The van der Waals surface area contributed by atoms with Gasteiger partial charge in [0.05, 0.1) is 36.9 Å². The van der Waals surface area contributed by atoms with Gasteiger partial charge in [0.2, 0.25) is 0 Å². The highest BCUT2D eigenvalue weighted by Gasteiger charge is 2.19. The standard InChI is InChI=1S/C13H21N5O2S/c1-3-9(7-20-21-14)11(19)6-18-5-4-10-12(15-2)16-8-17-13(10)18/h4-5,8-9,11,19H,3,6-7,14H2,1-2H3,(H,15,16,17)/t9-,11-/m0/s1. The van der Waals surface area contributed by atoms with Crippen molar-refractivity contribution in [1.29, 1.82) is 0 Å². The lowest BCUT2D eigenvalue weighted by Gasteiger charge is -2.21. The molecule has 116 valence electrons. The molecule has 0 aromatic carbocycles. The number of hydrogen-bond acceptors (Lipinski definition) is 7. The molecule has 0 radical (unpaired) electrons. The molecule has 0 unspecified atom stereocenters. The quantitative estimate of drug-likeness (QED) is 0.500. The van der Waals surface area contributed by atoms with Gasteiger partial charge >= 0.3 is 0 Å². The number of fused-ring (bicyclic) bond motifs is 1. The SMILES string of the molecule is CC[C@@H](COSN)[C@@H](O)Cn1ccc2c(NC)ncnc21. The zero-order valence-electron chi connectivity index (χ0n) is 12.2. The number of rotatable bonds is 8. The zero-order valence-corrected chi connectivity index (χ0v) is 13.0. The van der Waals surface area contributed by atoms with Gasteiger partial charge in [0.15, 0.2) is 0 Å². The molecule has 2 atom stereocenters. The molecule has 2 aromatic heterocycles. The lowest BCUT2D eigenvalue weighted by atomic mass is 10.0. The maximum atomic E-state index is 10.4. The number of aliphatic hydroxyl groups excluding tert-OH is 1. The van der Waals surface area contributed by atoms with Gasteiger partial charge in [-0.25, -0.2) is 9.97 Å². The largest absolute Gasteiger partial charge is 0.391 e. The molecule has 0 fully saturated rings. The van der Waals surface area contributed by atoms with E-state index in [0.29, 0.717) is 13.2 Å². The van der Waals surface area contributed by atoms with E-state index in [-0.39, 0.29) is 5.92 Å². The highest BCUT2D eigenvalue weighted by Crippen LogP contribution is 2.21. The Morgan fingerprint density at radius 3 is 3.00 bits per heavy atom. The number of anilines is 1. The van der Waals surface area contributed by atoms with Gasteiger partial charge in [0.1, 0.15) is 17.8 Å². The van der Waals surface area contributed by atoms with Crippen molar-refractivity contribution in [3.63, 3.8) is 0 Å². The van der Waals surface area contributed by atoms with Crippen LogP contribution in [0.2, 0.25) is 0 Å². The summed E-state index contributed by atoms with van der Waals surface area (Å²) in [5, 5.41) is 19.6. The van der Waals surface area contributed by atoms with Crippen LogP contribution in [0.15, 0.2) is 18.6 Å². The third-order valence-corrected chi connectivity index (χ3v) is 3.87. The van der Waals surface area contributed by atoms with Crippen molar-refractivity contribution in [2.45, 2.75) is 26.0 Å². The third-order valence-electron chi connectivity index (χ3n) is 3.60. The Balaban J connectivity index is 2.15. The van der Waals surface area contributed by atoms with Crippen molar-refractivity contribution in [2.75, 3.05) is 19.0 Å². The van der Waals surface area contributed by atoms with Crippen molar-refractivity contribution >= 4 is 29.1 Å². The van der Waals surface area contributed by atoms with Gasteiger partial charge in [0, 0.05) is 19.2 Å². The van der Waals surface area contributed by atoms with Gasteiger partial charge < -0.3 is 19.2 Å². The van der Waals surface area contributed by atoms with Crippen molar-refractivity contribution in [1.82, 2.24) is 14.5 Å². The number of aromatic nitrogens is 3. The first kappa shape index (κ1) is 16.0. The molecule has 0 saturated carbocycles. The normalized spacial score (nSPS) is 14.3. The maximum Gasteiger partial charge on any atom is 0.145 e. The summed E-state index contributed by atoms with van der Waals surface area (Å²) in [6.07, 6.45) is 3.72. The number of nitrogens with two attached hydrogens (primary N) is 1. The van der Waals surface area contributed by atoms with Crippen LogP contribution in [0.25, 0.3) is 11.0 Å².